The molecule has 0 unspecified atom stereocenters. The van der Waals surface area contributed by atoms with Crippen LogP contribution in [0.1, 0.15) is 15.9 Å². The Kier molecular flexibility index (Phi) is 6.75. The van der Waals surface area contributed by atoms with Gasteiger partial charge in [0.25, 0.3) is 0 Å². The fourth-order valence-electron chi connectivity index (χ4n) is 2.41. The molecule has 2 heterocycles. The van der Waals surface area contributed by atoms with Gasteiger partial charge in [0, 0.05) is 27.6 Å². The van der Waals surface area contributed by atoms with E-state index in [1.165, 1.54) is 12.3 Å². The van der Waals surface area contributed by atoms with Crippen LogP contribution in [0.25, 0.3) is 5.69 Å². The van der Waals surface area contributed by atoms with E-state index in [9.17, 15) is 13.6 Å². The SMILES string of the molecule is Brc1ncc[nH]1.Nc1c(C(=O)c2cccc(I)c2)cnn1-c1ccc(F)cc1F. The summed E-state index contributed by atoms with van der Waals surface area (Å²) in [5, 5.41) is 3.95. The Bertz CT molecular complexity index is 1150. The van der Waals surface area contributed by atoms with Gasteiger partial charge in [-0.05, 0) is 62.8 Å². The van der Waals surface area contributed by atoms with Crippen molar-refractivity contribution in [1.82, 2.24) is 19.7 Å². The second-order valence-corrected chi connectivity index (χ2v) is 7.67. The van der Waals surface area contributed by atoms with Gasteiger partial charge in [-0.15, -0.1) is 0 Å². The normalized spacial score (nSPS) is 10.3. The number of nitrogens with zero attached hydrogens (tertiary/aromatic N) is 3. The lowest BCUT2D eigenvalue weighted by molar-refractivity contribution is 0.103. The molecule has 148 valence electrons. The summed E-state index contributed by atoms with van der Waals surface area (Å²) in [6.07, 6.45) is 4.72. The Morgan fingerprint density at radius 2 is 2.00 bits per heavy atom. The fourth-order valence-corrected chi connectivity index (χ4v) is 3.20. The number of anilines is 1. The van der Waals surface area contributed by atoms with Crippen molar-refractivity contribution in [1.29, 1.82) is 0 Å². The molecule has 2 aromatic heterocycles. The molecule has 4 aromatic rings. The van der Waals surface area contributed by atoms with Crippen molar-refractivity contribution in [2.45, 2.75) is 0 Å². The number of aromatic amines is 1. The summed E-state index contributed by atoms with van der Waals surface area (Å²) >= 11 is 5.21. The number of hydrogen-bond donors (Lipinski definition) is 2. The van der Waals surface area contributed by atoms with E-state index in [2.05, 4.69) is 53.6 Å². The Labute approximate surface area is 186 Å². The number of H-pyrrole nitrogens is 1. The molecular formula is C19H13BrF2IN5O. The number of hydrogen-bond acceptors (Lipinski definition) is 4. The maximum Gasteiger partial charge on any atom is 0.198 e. The number of carbonyl (C=O) groups is 1. The Morgan fingerprint density at radius 3 is 2.59 bits per heavy atom. The molecule has 2 aromatic carbocycles. The van der Waals surface area contributed by atoms with Crippen LogP contribution in [-0.4, -0.2) is 25.5 Å². The molecule has 4 rings (SSSR count). The molecule has 0 aliphatic carbocycles. The lowest BCUT2D eigenvalue weighted by Gasteiger charge is -2.06. The van der Waals surface area contributed by atoms with Crippen molar-refractivity contribution < 1.29 is 13.6 Å². The number of halogens is 4. The number of ketones is 1. The number of nitrogens with two attached hydrogens (primary N) is 1. The van der Waals surface area contributed by atoms with Crippen LogP contribution >= 0.6 is 38.5 Å². The van der Waals surface area contributed by atoms with Crippen LogP contribution in [0.5, 0.6) is 0 Å². The van der Waals surface area contributed by atoms with E-state index in [1.807, 2.05) is 6.07 Å². The van der Waals surface area contributed by atoms with Crippen molar-refractivity contribution in [2.24, 2.45) is 0 Å². The lowest BCUT2D eigenvalue weighted by atomic mass is 10.1. The molecule has 3 N–H and O–H groups in total. The number of carbonyl (C=O) groups excluding carboxylic acids is 1. The van der Waals surface area contributed by atoms with Crippen molar-refractivity contribution >= 4 is 50.1 Å². The van der Waals surface area contributed by atoms with Gasteiger partial charge in [0.05, 0.1) is 11.8 Å². The first-order chi connectivity index (χ1) is 13.9. The highest BCUT2D eigenvalue weighted by atomic mass is 127. The number of aromatic nitrogens is 4. The average molecular weight is 572 g/mol. The highest BCUT2D eigenvalue weighted by Gasteiger charge is 2.19. The second kappa shape index (κ2) is 9.27. The second-order valence-electron chi connectivity index (χ2n) is 5.67. The first-order valence-corrected chi connectivity index (χ1v) is 9.98. The van der Waals surface area contributed by atoms with E-state index in [0.29, 0.717) is 5.56 Å². The third kappa shape index (κ3) is 5.07. The average Bonchev–Trinajstić information content (AvgIpc) is 3.31. The molecular weight excluding hydrogens is 559 g/mol. The van der Waals surface area contributed by atoms with Gasteiger partial charge in [0.15, 0.2) is 16.3 Å². The summed E-state index contributed by atoms with van der Waals surface area (Å²) < 4.78 is 29.6. The minimum Gasteiger partial charge on any atom is -0.383 e. The van der Waals surface area contributed by atoms with Crippen LogP contribution in [-0.2, 0) is 0 Å². The van der Waals surface area contributed by atoms with Crippen LogP contribution in [0.3, 0.4) is 0 Å². The summed E-state index contributed by atoms with van der Waals surface area (Å²) in [6, 6.07) is 10.1. The highest BCUT2D eigenvalue weighted by molar-refractivity contribution is 14.1. The molecule has 0 atom stereocenters. The molecule has 0 aliphatic heterocycles. The third-order valence-electron chi connectivity index (χ3n) is 3.74. The molecule has 0 radical (unpaired) electrons. The Morgan fingerprint density at radius 1 is 1.21 bits per heavy atom. The van der Waals surface area contributed by atoms with Crippen LogP contribution in [0.2, 0.25) is 0 Å². The van der Waals surface area contributed by atoms with E-state index in [4.69, 9.17) is 5.73 Å². The molecule has 0 spiro atoms. The molecule has 0 fully saturated rings. The van der Waals surface area contributed by atoms with Gasteiger partial charge in [-0.25, -0.2) is 18.4 Å². The van der Waals surface area contributed by atoms with E-state index in [-0.39, 0.29) is 22.9 Å². The summed E-state index contributed by atoms with van der Waals surface area (Å²) in [6.45, 7) is 0. The van der Waals surface area contributed by atoms with Gasteiger partial charge >= 0.3 is 0 Å². The van der Waals surface area contributed by atoms with E-state index < -0.39 is 11.6 Å². The molecule has 0 saturated heterocycles. The molecule has 0 bridgehead atoms. The first kappa shape index (κ1) is 21.1. The molecule has 10 heteroatoms. The monoisotopic (exact) mass is 571 g/mol. The van der Waals surface area contributed by atoms with Gasteiger partial charge in [-0.3, -0.25) is 4.79 Å². The number of nitrogen functional groups attached to an aromatic ring is 1. The minimum absolute atomic E-state index is 0.000584. The molecule has 0 saturated carbocycles. The van der Waals surface area contributed by atoms with Crippen LogP contribution in [0.4, 0.5) is 14.6 Å². The predicted octanol–water partition coefficient (Wildman–Crippen LogP) is 4.74. The van der Waals surface area contributed by atoms with E-state index >= 15 is 0 Å². The van der Waals surface area contributed by atoms with Crippen LogP contribution in [0, 0.1) is 15.2 Å². The van der Waals surface area contributed by atoms with Gasteiger partial charge in [-0.1, -0.05) is 12.1 Å². The zero-order valence-corrected chi connectivity index (χ0v) is 18.4. The summed E-state index contributed by atoms with van der Waals surface area (Å²) in [4.78, 5) is 19.1. The zero-order valence-electron chi connectivity index (χ0n) is 14.6. The molecule has 0 amide bonds. The first-order valence-electron chi connectivity index (χ1n) is 8.11. The maximum atomic E-state index is 13.9. The van der Waals surface area contributed by atoms with Crippen molar-refractivity contribution in [2.75, 3.05) is 5.73 Å². The van der Waals surface area contributed by atoms with Crippen molar-refractivity contribution in [3.63, 3.8) is 0 Å². The predicted molar refractivity (Wildman–Crippen MR) is 117 cm³/mol. The fraction of sp³-hybridized carbons (Fsp3) is 0. The number of nitrogens with one attached hydrogen (secondary N) is 1. The molecule has 0 aliphatic rings. The van der Waals surface area contributed by atoms with Gasteiger partial charge in [0.1, 0.15) is 17.3 Å². The van der Waals surface area contributed by atoms with Crippen LogP contribution < -0.4 is 5.73 Å². The van der Waals surface area contributed by atoms with E-state index in [1.54, 1.807) is 30.6 Å². The Balaban J connectivity index is 0.000000343. The van der Waals surface area contributed by atoms with Gasteiger partial charge in [0.2, 0.25) is 0 Å². The molecule has 6 nitrogen and oxygen atoms in total. The smallest absolute Gasteiger partial charge is 0.198 e. The Hall–Kier alpha value is -2.60. The lowest BCUT2D eigenvalue weighted by Crippen LogP contribution is -2.08. The van der Waals surface area contributed by atoms with Crippen molar-refractivity contribution in [3.05, 3.63) is 92.1 Å². The number of imidazole rings is 1. The molecule has 29 heavy (non-hydrogen) atoms. The summed E-state index contributed by atoms with van der Waals surface area (Å²) in [5.41, 5.74) is 6.54. The largest absolute Gasteiger partial charge is 0.383 e. The quantitative estimate of drug-likeness (QED) is 0.274. The maximum absolute atomic E-state index is 13.9. The van der Waals surface area contributed by atoms with Gasteiger partial charge in [-0.2, -0.15) is 5.10 Å². The zero-order chi connectivity index (χ0) is 21.0. The standard InChI is InChI=1S/C16H10F2IN3O.C3H3BrN2/c17-10-4-5-14(13(18)7-10)22-16(20)12(8-21-22)15(23)9-2-1-3-11(19)6-9;4-3-5-1-2-6-3/h1-8H,20H2;1-2H,(H,5,6). The van der Waals surface area contributed by atoms with E-state index in [0.717, 1.165) is 25.1 Å². The summed E-state index contributed by atoms with van der Waals surface area (Å²) in [5.74, 6) is -1.82. The van der Waals surface area contributed by atoms with Crippen molar-refractivity contribution in [3.8, 4) is 5.69 Å². The van der Waals surface area contributed by atoms with Crippen LogP contribution in [0.15, 0.2) is 65.8 Å². The van der Waals surface area contributed by atoms with Gasteiger partial charge < -0.3 is 10.7 Å². The minimum atomic E-state index is -0.812. The number of rotatable bonds is 3. The summed E-state index contributed by atoms with van der Waals surface area (Å²) in [7, 11) is 0. The number of benzene rings is 2. The highest BCUT2D eigenvalue weighted by Crippen LogP contribution is 2.23. The third-order valence-corrected chi connectivity index (χ3v) is 4.85. The topological polar surface area (TPSA) is 89.6 Å².